The number of carbonyl (C=O) groups excluding carboxylic acids is 5. The summed E-state index contributed by atoms with van der Waals surface area (Å²) in [6.45, 7) is 11.5. The summed E-state index contributed by atoms with van der Waals surface area (Å²) in [5, 5.41) is 20.8. The zero-order chi connectivity index (χ0) is 44.9. The summed E-state index contributed by atoms with van der Waals surface area (Å²) in [5.74, 6) is -1.04. The number of fused-ring (bicyclic) bond motifs is 1. The van der Waals surface area contributed by atoms with Gasteiger partial charge in [-0.05, 0) is 98.2 Å². The van der Waals surface area contributed by atoms with E-state index in [4.69, 9.17) is 16.3 Å². The Bertz CT molecular complexity index is 2440. The minimum atomic E-state index is -0.953. The number of hydrogen-bond acceptors (Lipinski definition) is 9. The van der Waals surface area contributed by atoms with Crippen molar-refractivity contribution in [2.24, 2.45) is 5.41 Å². The Morgan fingerprint density at radius 1 is 0.968 bits per heavy atom. The smallest absolute Gasteiger partial charge is 0.262 e. The number of carbonyl (C=O) groups is 5. The molecule has 1 aliphatic heterocycles. The Morgan fingerprint density at radius 2 is 1.68 bits per heavy atom. The molecule has 0 bridgehead atoms. The van der Waals surface area contributed by atoms with Crippen LogP contribution in [0.25, 0.3) is 21.3 Å². The molecular weight excluding hydrogens is 828 g/mol. The number of hydrogen-bond donors (Lipinski definition) is 4. The molecule has 0 unspecified atom stereocenters. The summed E-state index contributed by atoms with van der Waals surface area (Å²) in [6.07, 6.45) is 0.279. The number of halogens is 1. The summed E-state index contributed by atoms with van der Waals surface area (Å²) in [4.78, 5) is 74.8. The minimum Gasteiger partial charge on any atom is -0.497 e. The second kappa shape index (κ2) is 19.6. The van der Waals surface area contributed by atoms with E-state index in [0.717, 1.165) is 27.1 Å². The van der Waals surface area contributed by atoms with Crippen LogP contribution < -0.4 is 20.7 Å². The molecule has 2 aromatic heterocycles. The predicted molar refractivity (Wildman–Crippen MR) is 241 cm³/mol. The highest BCUT2D eigenvalue weighted by Crippen LogP contribution is 2.32. The van der Waals surface area contributed by atoms with Crippen LogP contribution >= 0.6 is 22.9 Å². The molecule has 1 saturated heterocycles. The van der Waals surface area contributed by atoms with E-state index in [1.54, 1.807) is 59.4 Å². The van der Waals surface area contributed by atoms with Crippen molar-refractivity contribution < 1.29 is 33.8 Å². The van der Waals surface area contributed by atoms with Crippen molar-refractivity contribution in [2.75, 3.05) is 20.2 Å². The van der Waals surface area contributed by atoms with Crippen molar-refractivity contribution in [2.45, 2.75) is 97.9 Å². The van der Waals surface area contributed by atoms with Crippen LogP contribution in [0.5, 0.6) is 5.75 Å². The number of likely N-dealkylation sites (tertiary alicyclic amines) is 1. The molecule has 328 valence electrons. The average Bonchev–Trinajstić information content (AvgIpc) is 3.93. The third kappa shape index (κ3) is 10.5. The molecule has 4 amide bonds. The number of thiazole rings is 1. The van der Waals surface area contributed by atoms with Gasteiger partial charge in [-0.3, -0.25) is 28.5 Å². The number of nitrogens with zero attached hydrogens (tertiary/aromatic N) is 3. The Morgan fingerprint density at radius 3 is 2.32 bits per heavy atom. The number of benzene rings is 3. The van der Waals surface area contributed by atoms with Gasteiger partial charge in [-0.25, -0.2) is 4.98 Å². The average molecular weight is 884 g/mol. The largest absolute Gasteiger partial charge is 0.497 e. The van der Waals surface area contributed by atoms with Gasteiger partial charge in [0.15, 0.2) is 0 Å². The van der Waals surface area contributed by atoms with Gasteiger partial charge in [0.2, 0.25) is 23.6 Å². The van der Waals surface area contributed by atoms with E-state index in [-0.39, 0.29) is 55.5 Å². The number of unbranched alkanes of at least 4 members (excludes halogenated alkanes) is 1. The first-order chi connectivity index (χ1) is 29.5. The molecule has 6 rings (SSSR count). The van der Waals surface area contributed by atoms with E-state index in [1.165, 1.54) is 4.90 Å². The fourth-order valence-corrected chi connectivity index (χ4v) is 8.84. The zero-order valence-corrected chi connectivity index (χ0v) is 37.8. The van der Waals surface area contributed by atoms with Gasteiger partial charge in [0.1, 0.15) is 17.8 Å². The topological polar surface area (TPSA) is 172 Å². The standard InChI is InChI=1S/C47H55ClN6O7S/c1-27(30-11-13-31(14-12-30)42-28(2)50-26-62-42)51-44(58)39-22-34(55)25-53(39)46(60)43(47(4,5)6)52-40(56)10-8-9-21-49-41(57)24-36-29(3)54(38-20-19-35(61-7)23-37(36)38)45(59)32-15-17-33(48)18-16-32/h11-20,23,26-27,34,39,43,55H,8-10,21-22,24-25H2,1-7H3,(H,49,57)(H,51,58)(H,52,56)/t27-,34+,39-,43+/m0/s1. The van der Waals surface area contributed by atoms with Crippen LogP contribution in [-0.2, 0) is 25.6 Å². The Kier molecular flexibility index (Phi) is 14.6. The molecule has 15 heteroatoms. The third-order valence-corrected chi connectivity index (χ3v) is 12.6. The van der Waals surface area contributed by atoms with Crippen LogP contribution in [0.1, 0.15) is 92.3 Å². The Labute approximate surface area is 371 Å². The maximum Gasteiger partial charge on any atom is 0.262 e. The summed E-state index contributed by atoms with van der Waals surface area (Å²) in [6, 6.07) is 17.7. The maximum absolute atomic E-state index is 14.1. The van der Waals surface area contributed by atoms with Gasteiger partial charge in [-0.2, -0.15) is 0 Å². The van der Waals surface area contributed by atoms with Crippen molar-refractivity contribution in [1.29, 1.82) is 0 Å². The molecule has 62 heavy (non-hydrogen) atoms. The molecule has 0 radical (unpaired) electrons. The van der Waals surface area contributed by atoms with Gasteiger partial charge >= 0.3 is 0 Å². The lowest BCUT2D eigenvalue weighted by Crippen LogP contribution is -2.57. The van der Waals surface area contributed by atoms with Gasteiger partial charge in [0.25, 0.3) is 5.91 Å². The zero-order valence-electron chi connectivity index (χ0n) is 36.2. The number of aromatic nitrogens is 2. The Balaban J connectivity index is 1.02. The summed E-state index contributed by atoms with van der Waals surface area (Å²) < 4.78 is 7.05. The molecule has 3 heterocycles. The van der Waals surface area contributed by atoms with Crippen LogP contribution in [0.3, 0.4) is 0 Å². The highest BCUT2D eigenvalue weighted by Gasteiger charge is 2.44. The maximum atomic E-state index is 14.1. The van der Waals surface area contributed by atoms with Crippen molar-refractivity contribution in [3.63, 3.8) is 0 Å². The first kappa shape index (κ1) is 45.9. The fraction of sp³-hybridized carbons (Fsp3) is 0.404. The molecule has 4 atom stereocenters. The lowest BCUT2D eigenvalue weighted by molar-refractivity contribution is -0.144. The van der Waals surface area contributed by atoms with Crippen LogP contribution in [0.15, 0.2) is 72.2 Å². The lowest BCUT2D eigenvalue weighted by atomic mass is 9.85. The summed E-state index contributed by atoms with van der Waals surface area (Å²) >= 11 is 7.63. The number of ether oxygens (including phenoxy) is 1. The normalized spacial score (nSPS) is 16.2. The second-order valence-electron chi connectivity index (χ2n) is 17.0. The number of nitrogens with one attached hydrogen (secondary N) is 3. The van der Waals surface area contributed by atoms with Crippen molar-refractivity contribution in [3.8, 4) is 16.2 Å². The summed E-state index contributed by atoms with van der Waals surface area (Å²) in [7, 11) is 1.56. The third-order valence-electron chi connectivity index (χ3n) is 11.4. The van der Waals surface area contributed by atoms with E-state index < -0.39 is 29.5 Å². The molecular formula is C47H55ClN6O7S. The van der Waals surface area contributed by atoms with Crippen molar-refractivity contribution >= 4 is 63.4 Å². The minimum absolute atomic E-state index is 0.0241. The molecule has 0 spiro atoms. The van der Waals surface area contributed by atoms with Crippen LogP contribution in [0.2, 0.25) is 5.02 Å². The molecule has 1 fully saturated rings. The number of aliphatic hydroxyl groups is 1. The number of β-amino-alcohol motifs (C(OH)–C–C–N with tert-alkyl or cyclic N) is 1. The van der Waals surface area contributed by atoms with Crippen LogP contribution in [0.4, 0.5) is 0 Å². The van der Waals surface area contributed by atoms with Crippen molar-refractivity contribution in [3.05, 3.63) is 105 Å². The van der Waals surface area contributed by atoms with E-state index >= 15 is 0 Å². The number of aliphatic hydroxyl groups excluding tert-OH is 1. The quantitative estimate of drug-likeness (QED) is 0.0821. The molecule has 1 aliphatic rings. The highest BCUT2D eigenvalue weighted by molar-refractivity contribution is 7.13. The Hall–Kier alpha value is -5.57. The summed E-state index contributed by atoms with van der Waals surface area (Å²) in [5.41, 5.74) is 6.44. The van der Waals surface area contributed by atoms with Gasteiger partial charge in [-0.1, -0.05) is 56.6 Å². The monoisotopic (exact) mass is 882 g/mol. The second-order valence-corrected chi connectivity index (χ2v) is 18.3. The number of aryl methyl sites for hydroxylation is 1. The first-order valence-electron chi connectivity index (χ1n) is 20.8. The molecule has 13 nitrogen and oxygen atoms in total. The SMILES string of the molecule is COc1ccc2c(c1)c(CC(=O)NCCCCC(=O)N[C@H](C(=O)N1C[C@H](O)C[C@H]1C(=O)N[C@@H](C)c1ccc(-c3scnc3C)cc1)C(C)(C)C)c(C)n2C(=O)c1ccc(Cl)cc1. The van der Waals surface area contributed by atoms with E-state index in [1.807, 2.05) is 77.4 Å². The number of methoxy groups -OCH3 is 1. The van der Waals surface area contributed by atoms with E-state index in [2.05, 4.69) is 20.9 Å². The van der Waals surface area contributed by atoms with E-state index in [9.17, 15) is 29.1 Å². The van der Waals surface area contributed by atoms with Crippen LogP contribution in [0, 0.1) is 19.3 Å². The number of amides is 4. The van der Waals surface area contributed by atoms with Gasteiger partial charge in [-0.15, -0.1) is 11.3 Å². The van der Waals surface area contributed by atoms with E-state index in [0.29, 0.717) is 52.5 Å². The molecule has 4 N–H and O–H groups in total. The molecule has 0 saturated carbocycles. The fourth-order valence-electron chi connectivity index (χ4n) is 7.91. The highest BCUT2D eigenvalue weighted by atomic mass is 35.5. The van der Waals surface area contributed by atoms with Gasteiger partial charge < -0.3 is 30.7 Å². The molecule has 5 aromatic rings. The molecule has 0 aliphatic carbocycles. The van der Waals surface area contributed by atoms with Gasteiger partial charge in [0, 0.05) is 47.6 Å². The lowest BCUT2D eigenvalue weighted by Gasteiger charge is -2.35. The van der Waals surface area contributed by atoms with Crippen molar-refractivity contribution in [1.82, 2.24) is 30.4 Å². The first-order valence-corrected chi connectivity index (χ1v) is 22.1. The van der Waals surface area contributed by atoms with Gasteiger partial charge in [0.05, 0.1) is 47.3 Å². The molecule has 3 aromatic carbocycles. The van der Waals surface area contributed by atoms with Crippen LogP contribution in [-0.4, -0.2) is 87.5 Å². The predicted octanol–water partition coefficient (Wildman–Crippen LogP) is 6.93. The number of rotatable bonds is 15.